The molecule has 1 aliphatic heterocycles. The number of anilines is 2. The molecule has 2 fully saturated rings. The number of ether oxygens (including phenoxy) is 3. The third kappa shape index (κ3) is 4.44. The summed E-state index contributed by atoms with van der Waals surface area (Å²) in [6, 6.07) is 0. The lowest BCUT2D eigenvalue weighted by Gasteiger charge is -2.31. The lowest BCUT2D eigenvalue weighted by molar-refractivity contribution is -0.174. The van der Waals surface area contributed by atoms with Crippen molar-refractivity contribution in [3.05, 3.63) is 5.15 Å². The van der Waals surface area contributed by atoms with Gasteiger partial charge in [0, 0.05) is 12.2 Å². The summed E-state index contributed by atoms with van der Waals surface area (Å²) in [7, 11) is 0. The van der Waals surface area contributed by atoms with Gasteiger partial charge < -0.3 is 30.4 Å². The van der Waals surface area contributed by atoms with E-state index >= 15 is 0 Å². The minimum atomic E-state index is -0.831. The smallest absolute Gasteiger partial charge is 0.191 e. The van der Waals surface area contributed by atoms with Crippen molar-refractivity contribution in [2.24, 2.45) is 0 Å². The average Bonchev–Trinajstić information content (AvgIpc) is 3.05. The van der Waals surface area contributed by atoms with E-state index < -0.39 is 11.5 Å². The minimum absolute atomic E-state index is 0.0413. The maximum Gasteiger partial charge on any atom is 0.191 e. The maximum atomic E-state index is 9.07. The van der Waals surface area contributed by atoms with Gasteiger partial charge in [-0.05, 0) is 26.7 Å². The molecule has 1 saturated carbocycles. The van der Waals surface area contributed by atoms with Gasteiger partial charge in [-0.15, -0.1) is 0 Å². The second kappa shape index (κ2) is 8.26. The zero-order valence-corrected chi connectivity index (χ0v) is 17.4. The van der Waals surface area contributed by atoms with Crippen LogP contribution in [0, 0.1) is 0 Å². The molecule has 10 heteroatoms. The summed E-state index contributed by atoms with van der Waals surface area (Å²) in [5.74, 6) is 0.532. The van der Waals surface area contributed by atoms with Crippen molar-refractivity contribution < 1.29 is 19.3 Å². The third-order valence-corrected chi connectivity index (χ3v) is 5.84. The van der Waals surface area contributed by atoms with Crippen LogP contribution in [0.25, 0.3) is 0 Å². The summed E-state index contributed by atoms with van der Waals surface area (Å²) in [6.45, 7) is 6.01. The Morgan fingerprint density at radius 3 is 2.93 bits per heavy atom. The van der Waals surface area contributed by atoms with E-state index in [9.17, 15) is 0 Å². The molecule has 8 nitrogen and oxygen atoms in total. The van der Waals surface area contributed by atoms with Gasteiger partial charge in [-0.3, -0.25) is 0 Å². The number of nitrogens with one attached hydrogen (secondary N) is 1. The van der Waals surface area contributed by atoms with Gasteiger partial charge >= 0.3 is 0 Å². The molecule has 152 valence electrons. The Labute approximate surface area is 168 Å². The van der Waals surface area contributed by atoms with Crippen LogP contribution in [-0.4, -0.2) is 57.8 Å². The summed E-state index contributed by atoms with van der Waals surface area (Å²) in [5, 5.41) is 13.2. The second-order valence-corrected chi connectivity index (χ2v) is 8.55. The van der Waals surface area contributed by atoms with E-state index in [4.69, 9.17) is 36.7 Å². The number of aromatic nitrogens is 2. The molecular formula is C17H27ClN4O4S. The fourth-order valence-corrected chi connectivity index (χ4v) is 4.43. The molecule has 0 amide bonds. The van der Waals surface area contributed by atoms with E-state index in [1.165, 1.54) is 11.8 Å². The highest BCUT2D eigenvalue weighted by Crippen LogP contribution is 2.48. The van der Waals surface area contributed by atoms with Crippen LogP contribution in [-0.2, 0) is 14.2 Å². The molecule has 0 radical (unpaired) electrons. The second-order valence-electron chi connectivity index (χ2n) is 7.13. The van der Waals surface area contributed by atoms with E-state index in [-0.39, 0.29) is 36.3 Å². The first kappa shape index (κ1) is 20.9. The van der Waals surface area contributed by atoms with Crippen molar-refractivity contribution in [2.75, 3.05) is 30.0 Å². The molecule has 1 aromatic heterocycles. The van der Waals surface area contributed by atoms with E-state index in [0.29, 0.717) is 17.4 Å². The molecule has 1 aromatic rings. The number of nitrogen functional groups attached to an aromatic ring is 1. The number of thioether (sulfide) groups is 1. The van der Waals surface area contributed by atoms with Gasteiger partial charge in [0.25, 0.3) is 0 Å². The monoisotopic (exact) mass is 418 g/mol. The van der Waals surface area contributed by atoms with Gasteiger partial charge in [0.1, 0.15) is 11.8 Å². The van der Waals surface area contributed by atoms with Crippen LogP contribution in [0.3, 0.4) is 0 Å². The summed E-state index contributed by atoms with van der Waals surface area (Å²) >= 11 is 7.75. The molecule has 3 unspecified atom stereocenters. The van der Waals surface area contributed by atoms with E-state index in [0.717, 1.165) is 18.6 Å². The molecule has 0 bridgehead atoms. The molecule has 4 N–H and O–H groups in total. The number of aliphatic hydroxyl groups is 1. The predicted molar refractivity (Wildman–Crippen MR) is 105 cm³/mol. The number of fused-ring (bicyclic) bond motifs is 1. The Kier molecular flexibility index (Phi) is 6.39. The van der Waals surface area contributed by atoms with E-state index in [2.05, 4.69) is 22.2 Å². The number of rotatable bonds is 8. The van der Waals surface area contributed by atoms with Gasteiger partial charge in [0.05, 0.1) is 19.3 Å². The number of nitrogens with two attached hydrogens (primary N) is 1. The molecular weight excluding hydrogens is 392 g/mol. The summed E-state index contributed by atoms with van der Waals surface area (Å²) in [5.41, 5.74) is 5.58. The number of nitrogens with zero attached hydrogens (tertiary/aromatic N) is 2. The van der Waals surface area contributed by atoms with Crippen molar-refractivity contribution in [1.29, 1.82) is 0 Å². The van der Waals surface area contributed by atoms with Crippen molar-refractivity contribution in [2.45, 2.75) is 68.9 Å². The van der Waals surface area contributed by atoms with Crippen molar-refractivity contribution in [1.82, 2.24) is 9.97 Å². The largest absolute Gasteiger partial charge is 0.394 e. The zero-order chi connectivity index (χ0) is 19.7. The highest BCUT2D eigenvalue weighted by atomic mass is 35.5. The van der Waals surface area contributed by atoms with Crippen molar-refractivity contribution in [3.8, 4) is 0 Å². The quantitative estimate of drug-likeness (QED) is 0.333. The van der Waals surface area contributed by atoms with E-state index in [1.54, 1.807) is 0 Å². The third-order valence-electron chi connectivity index (χ3n) is 4.50. The molecule has 1 saturated heterocycles. The van der Waals surface area contributed by atoms with Crippen LogP contribution in [0.4, 0.5) is 11.5 Å². The van der Waals surface area contributed by atoms with Crippen LogP contribution in [0.15, 0.2) is 5.16 Å². The standard InChI is InChI=1S/C17H27ClN4O4S/c1-4-9-27-15-20-13(18)11(19)14(21-15)22-17-6-5-10(24-8-7-23)12(17)25-16(2,3)26-17/h10,12,23H,4-9,19H2,1-3H3,(H,20,21,22). The summed E-state index contributed by atoms with van der Waals surface area (Å²) < 4.78 is 18.1. The zero-order valence-electron chi connectivity index (χ0n) is 15.8. The molecule has 1 aliphatic carbocycles. The van der Waals surface area contributed by atoms with Crippen molar-refractivity contribution in [3.63, 3.8) is 0 Å². The predicted octanol–water partition coefficient (Wildman–Crippen LogP) is 2.65. The van der Waals surface area contributed by atoms with E-state index in [1.807, 2.05) is 13.8 Å². The molecule has 2 aliphatic rings. The van der Waals surface area contributed by atoms with Crippen LogP contribution in [0.1, 0.15) is 40.0 Å². The van der Waals surface area contributed by atoms with Gasteiger partial charge in [0.2, 0.25) is 0 Å². The molecule has 3 rings (SSSR count). The molecule has 0 aromatic carbocycles. The number of hydrogen-bond donors (Lipinski definition) is 3. The SMILES string of the molecule is CCCSc1nc(Cl)c(N)c(NC23CCC(OCCO)C2OC(C)(C)O3)n1. The minimum Gasteiger partial charge on any atom is -0.394 e. The highest BCUT2D eigenvalue weighted by molar-refractivity contribution is 7.99. The lowest BCUT2D eigenvalue weighted by Crippen LogP contribution is -2.47. The van der Waals surface area contributed by atoms with Crippen LogP contribution in [0.5, 0.6) is 0 Å². The first-order valence-corrected chi connectivity index (χ1v) is 10.5. The molecule has 2 heterocycles. The number of halogens is 1. The van der Waals surface area contributed by atoms with Crippen LogP contribution in [0.2, 0.25) is 5.15 Å². The average molecular weight is 419 g/mol. The first-order valence-electron chi connectivity index (χ1n) is 9.14. The summed E-state index contributed by atoms with van der Waals surface area (Å²) in [4.78, 5) is 8.78. The van der Waals surface area contributed by atoms with Gasteiger partial charge in [0.15, 0.2) is 27.6 Å². The Morgan fingerprint density at radius 1 is 1.44 bits per heavy atom. The number of aliphatic hydroxyl groups excluding tert-OH is 1. The normalized spacial score (nSPS) is 29.1. The molecule has 27 heavy (non-hydrogen) atoms. The molecule has 0 spiro atoms. The Balaban J connectivity index is 1.87. The van der Waals surface area contributed by atoms with Crippen molar-refractivity contribution >= 4 is 34.9 Å². The first-order chi connectivity index (χ1) is 12.8. The highest BCUT2D eigenvalue weighted by Gasteiger charge is 2.61. The summed E-state index contributed by atoms with van der Waals surface area (Å²) in [6.07, 6.45) is 1.82. The Morgan fingerprint density at radius 2 is 2.22 bits per heavy atom. The van der Waals surface area contributed by atoms with Gasteiger partial charge in [-0.1, -0.05) is 30.3 Å². The Hall–Kier alpha value is -0.840. The Bertz CT molecular complexity index is 681. The fraction of sp³-hybridized carbons (Fsp3) is 0.765. The maximum absolute atomic E-state index is 9.07. The van der Waals surface area contributed by atoms with Crippen LogP contribution >= 0.6 is 23.4 Å². The van der Waals surface area contributed by atoms with Gasteiger partial charge in [-0.25, -0.2) is 9.97 Å². The number of hydrogen-bond acceptors (Lipinski definition) is 9. The topological polar surface area (TPSA) is 112 Å². The molecule has 3 atom stereocenters. The van der Waals surface area contributed by atoms with Gasteiger partial charge in [-0.2, -0.15) is 0 Å². The lowest BCUT2D eigenvalue weighted by atomic mass is 10.1. The fourth-order valence-electron chi connectivity index (χ4n) is 3.51. The van der Waals surface area contributed by atoms with Crippen LogP contribution < -0.4 is 11.1 Å².